The second-order valence-electron chi connectivity index (χ2n) is 10.4. The SMILES string of the molecule is CCCCn1c(N2CCN(c3ccc(F)cc3)CC2)c(C=C2SC(=S)N(Cc3ccccc3)C2=O)c(C)c(C#N)c1=O. The highest BCUT2D eigenvalue weighted by Gasteiger charge is 2.34. The van der Waals surface area contributed by atoms with E-state index >= 15 is 0 Å². The number of halogens is 1. The molecular weight excluding hydrogens is 570 g/mol. The number of carbonyl (C=O) groups is 1. The van der Waals surface area contributed by atoms with E-state index in [1.54, 1.807) is 28.5 Å². The minimum Gasteiger partial charge on any atom is -0.368 e. The molecule has 3 heterocycles. The molecule has 7 nitrogen and oxygen atoms in total. The smallest absolute Gasteiger partial charge is 0.270 e. The number of nitriles is 1. The normalized spacial score (nSPS) is 16.4. The minimum absolute atomic E-state index is 0.0887. The van der Waals surface area contributed by atoms with E-state index in [1.165, 1.54) is 23.9 Å². The fraction of sp³-hybridized carbons (Fsp3) is 0.312. The van der Waals surface area contributed by atoms with Gasteiger partial charge in [-0.3, -0.25) is 19.1 Å². The average Bonchev–Trinajstić information content (AvgIpc) is 3.26. The van der Waals surface area contributed by atoms with Crippen LogP contribution in [0.1, 0.15) is 42.0 Å². The molecule has 2 aliphatic heterocycles. The summed E-state index contributed by atoms with van der Waals surface area (Å²) in [5.74, 6) is 0.256. The van der Waals surface area contributed by atoms with E-state index in [1.807, 2.05) is 36.4 Å². The Bertz CT molecular complexity index is 1620. The molecule has 2 saturated heterocycles. The van der Waals surface area contributed by atoms with Gasteiger partial charge in [-0.15, -0.1) is 0 Å². The Morgan fingerprint density at radius 2 is 1.69 bits per heavy atom. The molecule has 216 valence electrons. The lowest BCUT2D eigenvalue weighted by atomic mass is 10.0. The van der Waals surface area contributed by atoms with Crippen LogP contribution in [0.2, 0.25) is 0 Å². The topological polar surface area (TPSA) is 72.6 Å². The number of piperazine rings is 1. The predicted molar refractivity (Wildman–Crippen MR) is 171 cm³/mol. The minimum atomic E-state index is -0.312. The Morgan fingerprint density at radius 3 is 2.33 bits per heavy atom. The van der Waals surface area contributed by atoms with Crippen LogP contribution in [0.15, 0.2) is 64.3 Å². The maximum Gasteiger partial charge on any atom is 0.270 e. The number of anilines is 2. The molecule has 0 radical (unpaired) electrons. The van der Waals surface area contributed by atoms with Gasteiger partial charge < -0.3 is 9.80 Å². The highest BCUT2D eigenvalue weighted by Crippen LogP contribution is 2.37. The summed E-state index contributed by atoms with van der Waals surface area (Å²) in [5, 5.41) is 9.98. The van der Waals surface area contributed by atoms with Crippen molar-refractivity contribution in [1.82, 2.24) is 9.47 Å². The summed E-state index contributed by atoms with van der Waals surface area (Å²) in [6.07, 6.45) is 3.46. The number of nitrogens with zero attached hydrogens (tertiary/aromatic N) is 5. The molecule has 0 bridgehead atoms. The number of carbonyl (C=O) groups excluding carboxylic acids is 1. The van der Waals surface area contributed by atoms with Crippen LogP contribution in [-0.4, -0.2) is 45.9 Å². The molecule has 1 amide bonds. The molecule has 0 spiro atoms. The summed E-state index contributed by atoms with van der Waals surface area (Å²) in [7, 11) is 0. The van der Waals surface area contributed by atoms with Gasteiger partial charge in [0.15, 0.2) is 0 Å². The average molecular weight is 602 g/mol. The Kier molecular flexibility index (Phi) is 9.09. The van der Waals surface area contributed by atoms with Gasteiger partial charge >= 0.3 is 0 Å². The number of thioether (sulfide) groups is 1. The van der Waals surface area contributed by atoms with Crippen LogP contribution in [-0.2, 0) is 17.9 Å². The molecule has 0 saturated carbocycles. The number of pyridine rings is 1. The van der Waals surface area contributed by atoms with E-state index in [2.05, 4.69) is 22.8 Å². The third kappa shape index (κ3) is 5.98. The molecule has 2 aromatic carbocycles. The van der Waals surface area contributed by atoms with Crippen LogP contribution < -0.4 is 15.4 Å². The highest BCUT2D eigenvalue weighted by molar-refractivity contribution is 8.26. The third-order valence-electron chi connectivity index (χ3n) is 7.69. The maximum absolute atomic E-state index is 13.6. The first-order chi connectivity index (χ1) is 20.3. The van der Waals surface area contributed by atoms with Crippen molar-refractivity contribution in [3.63, 3.8) is 0 Å². The summed E-state index contributed by atoms with van der Waals surface area (Å²) in [6.45, 7) is 7.25. The van der Waals surface area contributed by atoms with Gasteiger partial charge in [0.1, 0.15) is 27.6 Å². The lowest BCUT2D eigenvalue weighted by Crippen LogP contribution is -2.48. The molecule has 5 rings (SSSR count). The van der Waals surface area contributed by atoms with Crippen LogP contribution >= 0.6 is 24.0 Å². The maximum atomic E-state index is 13.6. The fourth-order valence-electron chi connectivity index (χ4n) is 5.37. The van der Waals surface area contributed by atoms with Crippen LogP contribution in [0.3, 0.4) is 0 Å². The van der Waals surface area contributed by atoms with E-state index < -0.39 is 0 Å². The van der Waals surface area contributed by atoms with Crippen molar-refractivity contribution in [3.8, 4) is 6.07 Å². The first-order valence-electron chi connectivity index (χ1n) is 14.0. The van der Waals surface area contributed by atoms with Crippen molar-refractivity contribution in [2.75, 3.05) is 36.0 Å². The van der Waals surface area contributed by atoms with Crippen LogP contribution in [0.5, 0.6) is 0 Å². The number of benzene rings is 2. The molecule has 1 aromatic heterocycles. The number of amides is 1. The van der Waals surface area contributed by atoms with Crippen molar-refractivity contribution in [2.24, 2.45) is 0 Å². The van der Waals surface area contributed by atoms with Crippen LogP contribution in [0.25, 0.3) is 6.08 Å². The molecule has 3 aromatic rings. The summed E-state index contributed by atoms with van der Waals surface area (Å²) in [5.41, 5.74) is 2.94. The number of aromatic nitrogens is 1. The lowest BCUT2D eigenvalue weighted by Gasteiger charge is -2.39. The number of rotatable bonds is 8. The number of unbranched alkanes of at least 4 members (excludes halogenated alkanes) is 1. The third-order valence-corrected chi connectivity index (χ3v) is 9.06. The van der Waals surface area contributed by atoms with Gasteiger partial charge in [0, 0.05) is 44.0 Å². The Balaban J connectivity index is 1.54. The fourth-order valence-corrected chi connectivity index (χ4v) is 6.61. The van der Waals surface area contributed by atoms with Gasteiger partial charge in [-0.05, 0) is 54.8 Å². The van der Waals surface area contributed by atoms with Gasteiger partial charge in [-0.1, -0.05) is 67.7 Å². The molecule has 0 N–H and O–H groups in total. The lowest BCUT2D eigenvalue weighted by molar-refractivity contribution is -0.122. The molecule has 42 heavy (non-hydrogen) atoms. The number of hydrogen-bond acceptors (Lipinski definition) is 7. The largest absolute Gasteiger partial charge is 0.368 e. The zero-order valence-electron chi connectivity index (χ0n) is 23.7. The summed E-state index contributed by atoms with van der Waals surface area (Å²) in [4.78, 5) is 33.6. The van der Waals surface area contributed by atoms with E-state index in [-0.39, 0.29) is 22.8 Å². The monoisotopic (exact) mass is 601 g/mol. The number of hydrogen-bond donors (Lipinski definition) is 0. The van der Waals surface area contributed by atoms with Gasteiger partial charge in [-0.25, -0.2) is 4.39 Å². The number of thiocarbonyl (C=S) groups is 1. The Morgan fingerprint density at radius 1 is 1.02 bits per heavy atom. The zero-order chi connectivity index (χ0) is 29.8. The van der Waals surface area contributed by atoms with Crippen molar-refractivity contribution < 1.29 is 9.18 Å². The van der Waals surface area contributed by atoms with Gasteiger partial charge in [0.2, 0.25) is 0 Å². The molecule has 10 heteroatoms. The second kappa shape index (κ2) is 12.9. The summed E-state index contributed by atoms with van der Waals surface area (Å²) >= 11 is 6.84. The quantitative estimate of drug-likeness (QED) is 0.243. The van der Waals surface area contributed by atoms with Crippen molar-refractivity contribution >= 4 is 51.8 Å². The molecule has 0 unspecified atom stereocenters. The Hall–Kier alpha value is -3.94. The van der Waals surface area contributed by atoms with Crippen LogP contribution in [0, 0.1) is 24.1 Å². The van der Waals surface area contributed by atoms with Crippen LogP contribution in [0.4, 0.5) is 15.9 Å². The van der Waals surface area contributed by atoms with Crippen molar-refractivity contribution in [1.29, 1.82) is 5.26 Å². The van der Waals surface area contributed by atoms with E-state index in [0.717, 1.165) is 29.9 Å². The van der Waals surface area contributed by atoms with Crippen molar-refractivity contribution in [2.45, 2.75) is 39.8 Å². The van der Waals surface area contributed by atoms with E-state index in [0.29, 0.717) is 59.6 Å². The first-order valence-corrected chi connectivity index (χ1v) is 15.3. The van der Waals surface area contributed by atoms with E-state index in [4.69, 9.17) is 12.2 Å². The van der Waals surface area contributed by atoms with Gasteiger partial charge in [-0.2, -0.15) is 5.26 Å². The standard InChI is InChI=1S/C32H32FN5O2S2/c1-3-4-14-37-29(36-17-15-35(16-18-36)25-12-10-24(33)11-13-25)26(22(2)27(20-34)30(37)39)19-28-31(40)38(32(41)42-28)21-23-8-6-5-7-9-23/h5-13,19H,3-4,14-18,21H2,1-2H3. The Labute approximate surface area is 254 Å². The highest BCUT2D eigenvalue weighted by atomic mass is 32.2. The molecule has 0 aliphatic carbocycles. The van der Waals surface area contributed by atoms with Gasteiger partial charge in [0.25, 0.3) is 11.5 Å². The van der Waals surface area contributed by atoms with Gasteiger partial charge in [0.05, 0.1) is 11.4 Å². The zero-order valence-corrected chi connectivity index (χ0v) is 25.3. The summed E-state index contributed by atoms with van der Waals surface area (Å²) in [6, 6.07) is 18.3. The van der Waals surface area contributed by atoms with Crippen molar-refractivity contribution in [3.05, 3.63) is 97.9 Å². The molecule has 0 atom stereocenters. The molecular formula is C32H32FN5O2S2. The second-order valence-corrected chi connectivity index (χ2v) is 12.0. The van der Waals surface area contributed by atoms with E-state index in [9.17, 15) is 19.2 Å². The molecule has 2 aliphatic rings. The predicted octanol–water partition coefficient (Wildman–Crippen LogP) is 5.70. The first kappa shape index (κ1) is 29.5. The molecule has 2 fully saturated rings. The summed E-state index contributed by atoms with van der Waals surface area (Å²) < 4.78 is 15.7.